The van der Waals surface area contributed by atoms with E-state index in [1.165, 1.54) is 7.11 Å². The van der Waals surface area contributed by atoms with E-state index in [1.807, 2.05) is 0 Å². The number of aromatic carboxylic acids is 1. The second kappa shape index (κ2) is 3.88. The highest BCUT2D eigenvalue weighted by Gasteiger charge is 2.17. The van der Waals surface area contributed by atoms with Crippen molar-refractivity contribution in [1.82, 2.24) is 0 Å². The van der Waals surface area contributed by atoms with Crippen molar-refractivity contribution in [3.05, 3.63) is 21.7 Å². The van der Waals surface area contributed by atoms with Crippen molar-refractivity contribution < 1.29 is 14.6 Å². The molecule has 0 radical (unpaired) electrons. The first-order chi connectivity index (χ1) is 6.49. The molecule has 0 atom stereocenters. The normalized spacial score (nSPS) is 9.93. The van der Waals surface area contributed by atoms with E-state index in [4.69, 9.17) is 15.6 Å². The Morgan fingerprint density at radius 1 is 1.64 bits per heavy atom. The fraction of sp³-hybridized carbons (Fsp3) is 0.222. The van der Waals surface area contributed by atoms with Gasteiger partial charge in [-0.05, 0) is 18.6 Å². The first kappa shape index (κ1) is 10.8. The molecule has 1 aromatic rings. The van der Waals surface area contributed by atoms with Gasteiger partial charge in [-0.25, -0.2) is 4.79 Å². The number of nitrogen functional groups attached to an aromatic ring is 1. The Balaban J connectivity index is 3.53. The lowest BCUT2D eigenvalue weighted by molar-refractivity contribution is 0.0697. The van der Waals surface area contributed by atoms with Gasteiger partial charge in [0.15, 0.2) is 0 Å². The number of rotatable bonds is 2. The van der Waals surface area contributed by atoms with Gasteiger partial charge in [-0.2, -0.15) is 0 Å². The fourth-order valence-electron chi connectivity index (χ4n) is 1.19. The lowest BCUT2D eigenvalue weighted by Crippen LogP contribution is -2.07. The van der Waals surface area contributed by atoms with Crippen LogP contribution in [0, 0.1) is 6.92 Å². The molecular weight excluding hydrogens is 250 g/mol. The third-order valence-corrected chi connectivity index (χ3v) is 2.78. The van der Waals surface area contributed by atoms with Crippen molar-refractivity contribution in [2.24, 2.45) is 0 Å². The molecule has 0 heterocycles. The SMILES string of the molecule is COc1cc(Br)c(C)c(C(=O)O)c1N. The second-order valence-corrected chi connectivity index (χ2v) is 3.63. The van der Waals surface area contributed by atoms with Crippen LogP contribution in [-0.4, -0.2) is 18.2 Å². The van der Waals surface area contributed by atoms with Crippen LogP contribution in [0.15, 0.2) is 10.5 Å². The summed E-state index contributed by atoms with van der Waals surface area (Å²) in [4.78, 5) is 10.9. The monoisotopic (exact) mass is 259 g/mol. The van der Waals surface area contributed by atoms with Gasteiger partial charge in [-0.1, -0.05) is 15.9 Å². The number of carbonyl (C=O) groups is 1. The minimum absolute atomic E-state index is 0.0798. The number of nitrogens with two attached hydrogens (primary N) is 1. The van der Waals surface area contributed by atoms with Crippen molar-refractivity contribution in [3.8, 4) is 5.75 Å². The molecular formula is C9H10BrNO3. The van der Waals surface area contributed by atoms with Crippen LogP contribution in [0.2, 0.25) is 0 Å². The molecule has 4 nitrogen and oxygen atoms in total. The van der Waals surface area contributed by atoms with E-state index in [2.05, 4.69) is 15.9 Å². The van der Waals surface area contributed by atoms with Gasteiger partial charge < -0.3 is 15.6 Å². The van der Waals surface area contributed by atoms with Gasteiger partial charge in [0.1, 0.15) is 5.75 Å². The van der Waals surface area contributed by atoms with Crippen molar-refractivity contribution in [2.45, 2.75) is 6.92 Å². The van der Waals surface area contributed by atoms with Crippen molar-refractivity contribution in [2.75, 3.05) is 12.8 Å². The predicted octanol–water partition coefficient (Wildman–Crippen LogP) is 2.05. The highest BCUT2D eigenvalue weighted by molar-refractivity contribution is 9.10. The van der Waals surface area contributed by atoms with Crippen LogP contribution >= 0.6 is 15.9 Å². The van der Waals surface area contributed by atoms with Gasteiger partial charge in [-0.3, -0.25) is 0 Å². The largest absolute Gasteiger partial charge is 0.495 e. The molecule has 1 aromatic carbocycles. The van der Waals surface area contributed by atoms with Crippen LogP contribution in [0.25, 0.3) is 0 Å². The van der Waals surface area contributed by atoms with Crippen molar-refractivity contribution >= 4 is 27.6 Å². The maximum absolute atomic E-state index is 10.9. The molecule has 0 saturated heterocycles. The summed E-state index contributed by atoms with van der Waals surface area (Å²) in [6.07, 6.45) is 0. The Morgan fingerprint density at radius 2 is 2.21 bits per heavy atom. The van der Waals surface area contributed by atoms with E-state index in [0.29, 0.717) is 15.8 Å². The zero-order chi connectivity index (χ0) is 10.9. The van der Waals surface area contributed by atoms with Gasteiger partial charge in [0.05, 0.1) is 18.4 Å². The van der Waals surface area contributed by atoms with Gasteiger partial charge in [0, 0.05) is 4.47 Å². The molecule has 5 heteroatoms. The molecule has 0 aliphatic rings. The predicted molar refractivity (Wildman–Crippen MR) is 56.8 cm³/mol. The van der Waals surface area contributed by atoms with Gasteiger partial charge in [0.25, 0.3) is 0 Å². The summed E-state index contributed by atoms with van der Waals surface area (Å²) in [7, 11) is 1.44. The molecule has 0 aliphatic carbocycles. The maximum atomic E-state index is 10.9. The smallest absolute Gasteiger partial charge is 0.338 e. The molecule has 0 bridgehead atoms. The number of methoxy groups -OCH3 is 1. The molecule has 0 unspecified atom stereocenters. The number of halogens is 1. The standard InChI is InChI=1S/C9H10BrNO3/c1-4-5(10)3-6(14-2)8(11)7(4)9(12)13/h3H,11H2,1-2H3,(H,12,13). The van der Waals surface area contributed by atoms with E-state index >= 15 is 0 Å². The summed E-state index contributed by atoms with van der Waals surface area (Å²) < 4.78 is 5.62. The highest BCUT2D eigenvalue weighted by Crippen LogP contribution is 2.33. The van der Waals surface area contributed by atoms with Gasteiger partial charge >= 0.3 is 5.97 Å². The van der Waals surface area contributed by atoms with Gasteiger partial charge in [0.2, 0.25) is 0 Å². The quantitative estimate of drug-likeness (QED) is 0.798. The number of hydrogen-bond donors (Lipinski definition) is 2. The van der Waals surface area contributed by atoms with E-state index in [0.717, 1.165) is 0 Å². The van der Waals surface area contributed by atoms with Crippen LogP contribution in [0.3, 0.4) is 0 Å². The minimum Gasteiger partial charge on any atom is -0.495 e. The summed E-state index contributed by atoms with van der Waals surface area (Å²) in [6.45, 7) is 1.68. The Hall–Kier alpha value is -1.23. The number of benzene rings is 1. The minimum atomic E-state index is -1.06. The fourth-order valence-corrected chi connectivity index (χ4v) is 1.60. The number of ether oxygens (including phenoxy) is 1. The van der Waals surface area contributed by atoms with E-state index in [-0.39, 0.29) is 11.3 Å². The number of hydrogen-bond acceptors (Lipinski definition) is 3. The van der Waals surface area contributed by atoms with Crippen LogP contribution < -0.4 is 10.5 Å². The summed E-state index contributed by atoms with van der Waals surface area (Å²) >= 11 is 3.24. The van der Waals surface area contributed by atoms with E-state index < -0.39 is 5.97 Å². The van der Waals surface area contributed by atoms with Gasteiger partial charge in [-0.15, -0.1) is 0 Å². The highest BCUT2D eigenvalue weighted by atomic mass is 79.9. The third-order valence-electron chi connectivity index (χ3n) is 1.96. The lowest BCUT2D eigenvalue weighted by atomic mass is 10.1. The summed E-state index contributed by atoms with van der Waals surface area (Å²) in [6, 6.07) is 1.65. The summed E-state index contributed by atoms with van der Waals surface area (Å²) in [5.41, 5.74) is 6.46. The summed E-state index contributed by atoms with van der Waals surface area (Å²) in [5.74, 6) is -0.695. The van der Waals surface area contributed by atoms with Crippen LogP contribution in [-0.2, 0) is 0 Å². The van der Waals surface area contributed by atoms with Crippen LogP contribution in [0.1, 0.15) is 15.9 Å². The van der Waals surface area contributed by atoms with Crippen LogP contribution in [0.5, 0.6) is 5.75 Å². The average Bonchev–Trinajstić information content (AvgIpc) is 2.11. The second-order valence-electron chi connectivity index (χ2n) is 2.78. The molecule has 3 N–H and O–H groups in total. The molecule has 1 rings (SSSR count). The Morgan fingerprint density at radius 3 is 2.64 bits per heavy atom. The molecule has 0 aromatic heterocycles. The number of anilines is 1. The zero-order valence-corrected chi connectivity index (χ0v) is 9.38. The molecule has 0 saturated carbocycles. The molecule has 76 valence electrons. The first-order valence-corrected chi connectivity index (χ1v) is 4.64. The molecule has 14 heavy (non-hydrogen) atoms. The summed E-state index contributed by atoms with van der Waals surface area (Å²) in [5, 5.41) is 8.93. The van der Waals surface area contributed by atoms with Crippen molar-refractivity contribution in [3.63, 3.8) is 0 Å². The number of carboxylic acid groups (broad SMARTS) is 1. The maximum Gasteiger partial charge on any atom is 0.338 e. The lowest BCUT2D eigenvalue weighted by Gasteiger charge is -2.11. The Labute approximate surface area is 89.8 Å². The molecule has 0 aliphatic heterocycles. The Kier molecular flexibility index (Phi) is 3.00. The third kappa shape index (κ3) is 1.68. The zero-order valence-electron chi connectivity index (χ0n) is 7.80. The van der Waals surface area contributed by atoms with Crippen LogP contribution in [0.4, 0.5) is 5.69 Å². The number of carboxylic acids is 1. The van der Waals surface area contributed by atoms with Crippen molar-refractivity contribution in [1.29, 1.82) is 0 Å². The Bertz CT molecular complexity index is 390. The first-order valence-electron chi connectivity index (χ1n) is 3.85. The molecule has 0 spiro atoms. The average molecular weight is 260 g/mol. The molecule has 0 amide bonds. The molecule has 0 fully saturated rings. The van der Waals surface area contributed by atoms with E-state index in [1.54, 1.807) is 13.0 Å². The van der Waals surface area contributed by atoms with E-state index in [9.17, 15) is 4.79 Å². The topological polar surface area (TPSA) is 72.5 Å².